The first-order chi connectivity index (χ1) is 8.41. The van der Waals surface area contributed by atoms with Gasteiger partial charge in [0.25, 0.3) is 0 Å². The molecule has 1 aromatic carbocycles. The monoisotopic (exact) mass is 325 g/mol. The number of benzene rings is 1. The molecular weight excluding hydrogens is 314 g/mol. The molecule has 1 heterocycles. The summed E-state index contributed by atoms with van der Waals surface area (Å²) in [5.74, 6) is -0.383. The summed E-state index contributed by atoms with van der Waals surface area (Å²) in [6.45, 7) is 1.35. The maximum atomic E-state index is 13.7. The number of halogens is 5. The largest absolute Gasteiger partial charge is 0.416 e. The van der Waals surface area contributed by atoms with Crippen LogP contribution < -0.4 is 4.90 Å². The van der Waals surface area contributed by atoms with E-state index in [0.29, 0.717) is 25.1 Å². The minimum Gasteiger partial charge on any atom is -0.369 e. The van der Waals surface area contributed by atoms with Gasteiger partial charge < -0.3 is 4.90 Å². The highest BCUT2D eigenvalue weighted by atomic mass is 79.9. The fraction of sp³-hybridized carbons (Fsp3) is 0.500. The van der Waals surface area contributed by atoms with E-state index in [4.69, 9.17) is 0 Å². The molecule has 6 heteroatoms. The lowest BCUT2D eigenvalue weighted by atomic mass is 10.1. The van der Waals surface area contributed by atoms with E-state index in [2.05, 4.69) is 15.9 Å². The molecule has 0 radical (unpaired) electrons. The predicted molar refractivity (Wildman–Crippen MR) is 65.5 cm³/mol. The van der Waals surface area contributed by atoms with Crippen molar-refractivity contribution < 1.29 is 17.6 Å². The fourth-order valence-corrected chi connectivity index (χ4v) is 2.65. The van der Waals surface area contributed by atoms with E-state index >= 15 is 0 Å². The summed E-state index contributed by atoms with van der Waals surface area (Å²) in [5.41, 5.74) is -0.688. The van der Waals surface area contributed by atoms with Gasteiger partial charge in [-0.2, -0.15) is 13.2 Å². The Morgan fingerprint density at radius 1 is 1.33 bits per heavy atom. The Hall–Kier alpha value is -0.780. The highest BCUT2D eigenvalue weighted by Crippen LogP contribution is 2.33. The average molecular weight is 326 g/mol. The van der Waals surface area contributed by atoms with Crippen LogP contribution in [-0.2, 0) is 6.18 Å². The van der Waals surface area contributed by atoms with Crippen molar-refractivity contribution in [2.45, 2.75) is 12.6 Å². The van der Waals surface area contributed by atoms with E-state index in [0.717, 1.165) is 17.8 Å². The van der Waals surface area contributed by atoms with Crippen molar-refractivity contribution in [2.24, 2.45) is 5.92 Å². The summed E-state index contributed by atoms with van der Waals surface area (Å²) in [5, 5.41) is 0.825. The number of rotatable bonds is 2. The molecule has 0 aromatic heterocycles. The van der Waals surface area contributed by atoms with Gasteiger partial charge in [0.05, 0.1) is 11.3 Å². The number of nitrogens with zero attached hydrogens (tertiary/aromatic N) is 1. The van der Waals surface area contributed by atoms with Crippen LogP contribution in [0.4, 0.5) is 23.2 Å². The maximum Gasteiger partial charge on any atom is 0.416 e. The maximum absolute atomic E-state index is 13.7. The molecule has 1 aliphatic rings. The Morgan fingerprint density at radius 3 is 2.56 bits per heavy atom. The molecular formula is C12H12BrF4N. The van der Waals surface area contributed by atoms with Crippen LogP contribution in [0.25, 0.3) is 0 Å². The van der Waals surface area contributed by atoms with Crippen molar-refractivity contribution in [3.05, 3.63) is 29.6 Å². The Bertz CT molecular complexity index is 433. The first-order valence-corrected chi connectivity index (χ1v) is 6.71. The second-order valence-electron chi connectivity index (χ2n) is 4.42. The van der Waals surface area contributed by atoms with Crippen LogP contribution in [0.3, 0.4) is 0 Å². The highest BCUT2D eigenvalue weighted by Gasteiger charge is 2.32. The normalized spacial score (nSPS) is 20.5. The Labute approximate surface area is 111 Å². The van der Waals surface area contributed by atoms with Gasteiger partial charge in [-0.3, -0.25) is 0 Å². The first-order valence-electron chi connectivity index (χ1n) is 5.59. The second kappa shape index (κ2) is 5.07. The third-order valence-electron chi connectivity index (χ3n) is 3.12. The quantitative estimate of drug-likeness (QED) is 0.585. The van der Waals surface area contributed by atoms with Crippen molar-refractivity contribution in [3.63, 3.8) is 0 Å². The van der Waals surface area contributed by atoms with Gasteiger partial charge >= 0.3 is 6.18 Å². The first kappa shape index (κ1) is 13.6. The molecule has 2 rings (SSSR count). The van der Waals surface area contributed by atoms with E-state index in [1.165, 1.54) is 6.07 Å². The summed E-state index contributed by atoms with van der Waals surface area (Å²) in [4.78, 5) is 1.79. The van der Waals surface area contributed by atoms with Crippen LogP contribution in [0.5, 0.6) is 0 Å². The van der Waals surface area contributed by atoms with E-state index in [-0.39, 0.29) is 5.69 Å². The van der Waals surface area contributed by atoms with Gasteiger partial charge in [-0.1, -0.05) is 15.9 Å². The molecule has 0 saturated carbocycles. The zero-order chi connectivity index (χ0) is 13.3. The summed E-state index contributed by atoms with van der Waals surface area (Å²) in [7, 11) is 0. The molecule has 0 aliphatic carbocycles. The van der Waals surface area contributed by atoms with Gasteiger partial charge in [0.15, 0.2) is 0 Å². The highest BCUT2D eigenvalue weighted by molar-refractivity contribution is 9.09. The van der Waals surface area contributed by atoms with Crippen LogP contribution in [-0.4, -0.2) is 18.4 Å². The van der Waals surface area contributed by atoms with Crippen LogP contribution in [0.15, 0.2) is 18.2 Å². The molecule has 0 amide bonds. The molecule has 100 valence electrons. The van der Waals surface area contributed by atoms with E-state index in [9.17, 15) is 17.6 Å². The topological polar surface area (TPSA) is 3.24 Å². The molecule has 1 aliphatic heterocycles. The third kappa shape index (κ3) is 2.79. The zero-order valence-electron chi connectivity index (χ0n) is 9.47. The second-order valence-corrected chi connectivity index (χ2v) is 5.07. The molecule has 18 heavy (non-hydrogen) atoms. The van der Waals surface area contributed by atoms with Crippen LogP contribution in [0.1, 0.15) is 12.0 Å². The molecule has 1 atom stereocenters. The summed E-state index contributed by atoms with van der Waals surface area (Å²) in [6.07, 6.45) is -3.57. The third-order valence-corrected chi connectivity index (χ3v) is 4.04. The number of anilines is 1. The van der Waals surface area contributed by atoms with Gasteiger partial charge in [-0.05, 0) is 30.5 Å². The van der Waals surface area contributed by atoms with Crippen molar-refractivity contribution in [2.75, 3.05) is 23.3 Å². The smallest absolute Gasteiger partial charge is 0.369 e. The standard InChI is InChI=1S/C12H12BrF4N/c13-6-8-3-4-18(7-8)11-2-1-9(5-10(11)14)12(15,16)17/h1-2,5,8H,3-4,6-7H2. The molecule has 1 unspecified atom stereocenters. The summed E-state index contributed by atoms with van der Waals surface area (Å²) < 4.78 is 50.9. The van der Waals surface area contributed by atoms with Crippen molar-refractivity contribution in [1.82, 2.24) is 0 Å². The zero-order valence-corrected chi connectivity index (χ0v) is 11.1. The molecule has 0 spiro atoms. The lowest BCUT2D eigenvalue weighted by Gasteiger charge is -2.20. The molecule has 0 bridgehead atoms. The summed E-state index contributed by atoms with van der Waals surface area (Å²) >= 11 is 3.36. The van der Waals surface area contributed by atoms with Gasteiger partial charge in [-0.25, -0.2) is 4.39 Å². The van der Waals surface area contributed by atoms with Gasteiger partial charge in [0.1, 0.15) is 5.82 Å². The number of hydrogen-bond acceptors (Lipinski definition) is 1. The van der Waals surface area contributed by atoms with Crippen LogP contribution in [0.2, 0.25) is 0 Å². The lowest BCUT2D eigenvalue weighted by molar-refractivity contribution is -0.137. The molecule has 1 aromatic rings. The van der Waals surface area contributed by atoms with Crippen LogP contribution >= 0.6 is 15.9 Å². The van der Waals surface area contributed by atoms with Crippen molar-refractivity contribution in [1.29, 1.82) is 0 Å². The van der Waals surface area contributed by atoms with E-state index in [1.807, 2.05) is 0 Å². The molecule has 1 nitrogen and oxygen atoms in total. The van der Waals surface area contributed by atoms with Gasteiger partial charge in [0.2, 0.25) is 0 Å². The SMILES string of the molecule is Fc1cc(C(F)(F)F)ccc1N1CCC(CBr)C1. The molecule has 0 N–H and O–H groups in total. The predicted octanol–water partition coefficient (Wildman–Crippen LogP) is 4.07. The van der Waals surface area contributed by atoms with Crippen LogP contribution in [0, 0.1) is 11.7 Å². The van der Waals surface area contributed by atoms with Crippen molar-refractivity contribution >= 4 is 21.6 Å². The Kier molecular flexibility index (Phi) is 3.84. The van der Waals surface area contributed by atoms with Crippen molar-refractivity contribution in [3.8, 4) is 0 Å². The molecule has 1 saturated heterocycles. The van der Waals surface area contributed by atoms with Gasteiger partial charge in [0, 0.05) is 18.4 Å². The molecule has 1 fully saturated rings. The minimum atomic E-state index is -4.50. The Balaban J connectivity index is 2.21. The van der Waals surface area contributed by atoms with E-state index in [1.54, 1.807) is 4.90 Å². The minimum absolute atomic E-state index is 0.256. The fourth-order valence-electron chi connectivity index (χ4n) is 2.12. The number of hydrogen-bond donors (Lipinski definition) is 0. The van der Waals surface area contributed by atoms with E-state index < -0.39 is 17.6 Å². The lowest BCUT2D eigenvalue weighted by Crippen LogP contribution is -2.21. The Morgan fingerprint density at radius 2 is 2.06 bits per heavy atom. The summed E-state index contributed by atoms with van der Waals surface area (Å²) in [6, 6.07) is 2.71. The number of alkyl halides is 4. The average Bonchev–Trinajstić information content (AvgIpc) is 2.76. The van der Waals surface area contributed by atoms with Gasteiger partial charge in [-0.15, -0.1) is 0 Å².